The first-order valence-corrected chi connectivity index (χ1v) is 9.60. The van der Waals surface area contributed by atoms with Crippen molar-refractivity contribution in [2.24, 2.45) is 11.8 Å². The average Bonchev–Trinajstić information content (AvgIpc) is 3.21. The lowest BCUT2D eigenvalue weighted by Crippen LogP contribution is -2.32. The van der Waals surface area contributed by atoms with E-state index in [-0.39, 0.29) is 17.4 Å². The van der Waals surface area contributed by atoms with Crippen LogP contribution in [0.3, 0.4) is 0 Å². The Morgan fingerprint density at radius 3 is 2.83 bits per heavy atom. The quantitative estimate of drug-likeness (QED) is 0.534. The minimum Gasteiger partial charge on any atom is -0.351 e. The molecule has 0 aliphatic carbocycles. The number of carbonyl (C=O) groups excluding carboxylic acids is 1. The fourth-order valence-corrected chi connectivity index (χ4v) is 3.47. The molecule has 4 rings (SSSR count). The molecule has 0 spiro atoms. The Morgan fingerprint density at radius 1 is 1.23 bits per heavy atom. The molecule has 150 valence electrons. The Bertz CT molecular complexity index is 1350. The Hall–Kier alpha value is -3.99. The first kappa shape index (κ1) is 19.3. The minimum atomic E-state index is -0.683. The molecular weight excluding hydrogens is 380 g/mol. The van der Waals surface area contributed by atoms with E-state index >= 15 is 0 Å². The van der Waals surface area contributed by atoms with Crippen molar-refractivity contribution in [3.63, 3.8) is 0 Å². The van der Waals surface area contributed by atoms with Crippen LogP contribution in [0.4, 0.5) is 0 Å². The topological polar surface area (TPSA) is 116 Å². The van der Waals surface area contributed by atoms with Crippen LogP contribution in [0.25, 0.3) is 27.8 Å². The van der Waals surface area contributed by atoms with Crippen LogP contribution in [0.5, 0.6) is 0 Å². The van der Waals surface area contributed by atoms with Crippen LogP contribution in [0.2, 0.25) is 0 Å². The summed E-state index contributed by atoms with van der Waals surface area (Å²) >= 11 is 0. The molecule has 0 saturated carbocycles. The molecule has 0 fully saturated rings. The van der Waals surface area contributed by atoms with E-state index < -0.39 is 5.92 Å². The summed E-state index contributed by atoms with van der Waals surface area (Å²) in [5.74, 6) is -0.517. The molecule has 0 bridgehead atoms. The number of carbonyl (C=O) groups is 1. The number of aromatic amines is 1. The first-order valence-electron chi connectivity index (χ1n) is 9.60. The van der Waals surface area contributed by atoms with Gasteiger partial charge < -0.3 is 10.3 Å². The number of fused-ring (bicyclic) bond motifs is 2. The van der Waals surface area contributed by atoms with Crippen molar-refractivity contribution in [1.29, 1.82) is 5.26 Å². The lowest BCUT2D eigenvalue weighted by Gasteiger charge is -2.14. The van der Waals surface area contributed by atoms with Crippen LogP contribution in [0, 0.1) is 23.2 Å². The lowest BCUT2D eigenvalue weighted by atomic mass is 9.96. The zero-order valence-corrected chi connectivity index (χ0v) is 16.6. The molecule has 3 aromatic heterocycles. The second-order valence-corrected chi connectivity index (χ2v) is 7.41. The molecule has 0 saturated heterocycles. The standard InChI is InChI=1S/C22H20N6O2/c1-13(2)17(10-23)22(30)25-11-14-3-5-18-15(9-14)4-6-19(29)28(18)21-16-7-8-24-20(16)26-12-27-21/h3-9,12-13,17H,11H2,1-2H3,(H,25,30)(H,24,26,27). The summed E-state index contributed by atoms with van der Waals surface area (Å²) in [6.45, 7) is 3.99. The number of pyridine rings is 1. The molecule has 0 radical (unpaired) electrons. The molecule has 30 heavy (non-hydrogen) atoms. The Balaban J connectivity index is 1.70. The number of nitrogens with one attached hydrogen (secondary N) is 2. The maximum atomic E-state index is 12.7. The number of H-pyrrole nitrogens is 1. The van der Waals surface area contributed by atoms with E-state index in [9.17, 15) is 14.9 Å². The molecule has 1 aromatic carbocycles. The first-order chi connectivity index (χ1) is 14.5. The van der Waals surface area contributed by atoms with E-state index in [1.54, 1.807) is 16.8 Å². The highest BCUT2D eigenvalue weighted by atomic mass is 16.2. The normalized spacial score (nSPS) is 12.2. The second-order valence-electron chi connectivity index (χ2n) is 7.41. The van der Waals surface area contributed by atoms with Gasteiger partial charge in [0.15, 0.2) is 5.82 Å². The molecule has 1 atom stereocenters. The molecule has 1 unspecified atom stereocenters. The molecule has 2 N–H and O–H groups in total. The number of amides is 1. The number of nitrogens with zero attached hydrogens (tertiary/aromatic N) is 4. The van der Waals surface area contributed by atoms with Crippen molar-refractivity contribution >= 4 is 27.8 Å². The summed E-state index contributed by atoms with van der Waals surface area (Å²) in [6.07, 6.45) is 3.18. The van der Waals surface area contributed by atoms with E-state index in [4.69, 9.17) is 0 Å². The van der Waals surface area contributed by atoms with Gasteiger partial charge in [-0.25, -0.2) is 9.97 Å². The van der Waals surface area contributed by atoms with Gasteiger partial charge in [-0.1, -0.05) is 19.9 Å². The van der Waals surface area contributed by atoms with Crippen molar-refractivity contribution in [1.82, 2.24) is 24.8 Å². The monoisotopic (exact) mass is 400 g/mol. The van der Waals surface area contributed by atoms with E-state index in [1.165, 1.54) is 12.4 Å². The molecule has 1 amide bonds. The predicted octanol–water partition coefficient (Wildman–Crippen LogP) is 2.67. The molecule has 0 aliphatic heterocycles. The molecule has 8 heteroatoms. The molecule has 3 heterocycles. The number of benzene rings is 1. The number of hydrogen-bond donors (Lipinski definition) is 2. The van der Waals surface area contributed by atoms with Crippen molar-refractivity contribution in [3.8, 4) is 11.9 Å². The SMILES string of the molecule is CC(C)C(C#N)C(=O)NCc1ccc2c(ccc(=O)n2-c2ncnc3[nH]ccc23)c1. The van der Waals surface area contributed by atoms with E-state index in [1.807, 2.05) is 44.2 Å². The lowest BCUT2D eigenvalue weighted by molar-refractivity contribution is -0.124. The summed E-state index contributed by atoms with van der Waals surface area (Å²) < 4.78 is 1.56. The van der Waals surface area contributed by atoms with Gasteiger partial charge in [-0.3, -0.25) is 14.2 Å². The van der Waals surface area contributed by atoms with Gasteiger partial charge >= 0.3 is 0 Å². The van der Waals surface area contributed by atoms with Crippen molar-refractivity contribution in [3.05, 3.63) is 64.8 Å². The fourth-order valence-electron chi connectivity index (χ4n) is 3.47. The number of nitriles is 1. The zero-order chi connectivity index (χ0) is 21.3. The van der Waals surface area contributed by atoms with Gasteiger partial charge in [-0.15, -0.1) is 0 Å². The van der Waals surface area contributed by atoms with Crippen molar-refractivity contribution in [2.45, 2.75) is 20.4 Å². The van der Waals surface area contributed by atoms with Crippen LogP contribution >= 0.6 is 0 Å². The highest BCUT2D eigenvalue weighted by Gasteiger charge is 2.21. The Kier molecular flexibility index (Phi) is 5.02. The summed E-state index contributed by atoms with van der Waals surface area (Å²) in [7, 11) is 0. The van der Waals surface area contributed by atoms with Crippen LogP contribution in [-0.2, 0) is 11.3 Å². The highest BCUT2D eigenvalue weighted by molar-refractivity contribution is 5.87. The molecular formula is C22H20N6O2. The smallest absolute Gasteiger partial charge is 0.256 e. The summed E-state index contributed by atoms with van der Waals surface area (Å²) in [5, 5.41) is 13.6. The maximum absolute atomic E-state index is 12.7. The molecule has 8 nitrogen and oxygen atoms in total. The number of aromatic nitrogens is 4. The second kappa shape index (κ2) is 7.79. The predicted molar refractivity (Wildman–Crippen MR) is 113 cm³/mol. The van der Waals surface area contributed by atoms with Gasteiger partial charge in [0.1, 0.15) is 17.9 Å². The maximum Gasteiger partial charge on any atom is 0.256 e. The fraction of sp³-hybridized carbons (Fsp3) is 0.227. The molecule has 0 aliphatic rings. The van der Waals surface area contributed by atoms with Crippen LogP contribution in [-0.4, -0.2) is 25.4 Å². The number of hydrogen-bond acceptors (Lipinski definition) is 5. The van der Waals surface area contributed by atoms with Gasteiger partial charge in [-0.05, 0) is 41.1 Å². The van der Waals surface area contributed by atoms with Crippen LogP contribution < -0.4 is 10.9 Å². The van der Waals surface area contributed by atoms with Crippen molar-refractivity contribution in [2.75, 3.05) is 0 Å². The van der Waals surface area contributed by atoms with Gasteiger partial charge in [0.25, 0.3) is 5.56 Å². The van der Waals surface area contributed by atoms with Crippen LogP contribution in [0.1, 0.15) is 19.4 Å². The third-order valence-electron chi connectivity index (χ3n) is 5.06. The summed E-state index contributed by atoms with van der Waals surface area (Å²) in [6, 6.07) is 12.7. The van der Waals surface area contributed by atoms with Crippen molar-refractivity contribution < 1.29 is 4.79 Å². The Morgan fingerprint density at radius 2 is 2.07 bits per heavy atom. The van der Waals surface area contributed by atoms with Crippen LogP contribution in [0.15, 0.2) is 53.7 Å². The largest absolute Gasteiger partial charge is 0.351 e. The van der Waals surface area contributed by atoms with Gasteiger partial charge in [-0.2, -0.15) is 5.26 Å². The van der Waals surface area contributed by atoms with Gasteiger partial charge in [0.2, 0.25) is 5.91 Å². The molecule has 4 aromatic rings. The van der Waals surface area contributed by atoms with E-state index in [0.717, 1.165) is 16.3 Å². The number of rotatable bonds is 5. The van der Waals surface area contributed by atoms with E-state index in [2.05, 4.69) is 20.3 Å². The van der Waals surface area contributed by atoms with E-state index in [0.29, 0.717) is 23.5 Å². The third kappa shape index (κ3) is 3.42. The van der Waals surface area contributed by atoms with Gasteiger partial charge in [0, 0.05) is 18.8 Å². The Labute approximate surface area is 172 Å². The third-order valence-corrected chi connectivity index (χ3v) is 5.06. The summed E-state index contributed by atoms with van der Waals surface area (Å²) in [4.78, 5) is 36.5. The average molecular weight is 400 g/mol. The van der Waals surface area contributed by atoms with Gasteiger partial charge in [0.05, 0.1) is 17.0 Å². The minimum absolute atomic E-state index is 0.0563. The zero-order valence-electron chi connectivity index (χ0n) is 16.6. The highest BCUT2D eigenvalue weighted by Crippen LogP contribution is 2.21. The summed E-state index contributed by atoms with van der Waals surface area (Å²) in [5.41, 5.74) is 2.03.